The maximum atomic E-state index is 2.60. The van der Waals surface area contributed by atoms with Gasteiger partial charge in [-0.1, -0.05) is 39.0 Å². The lowest BCUT2D eigenvalue weighted by Gasteiger charge is -2.40. The zero-order valence-electron chi connectivity index (χ0n) is 10.9. The molecule has 2 fully saturated rings. The Kier molecular flexibility index (Phi) is 2.15. The van der Waals surface area contributed by atoms with E-state index in [0.29, 0.717) is 10.8 Å². The summed E-state index contributed by atoms with van der Waals surface area (Å²) in [6.07, 6.45) is 14.2. The molecule has 0 aromatic heterocycles. The van der Waals surface area contributed by atoms with E-state index in [9.17, 15) is 0 Å². The molecule has 0 saturated heterocycles. The van der Waals surface area contributed by atoms with Gasteiger partial charge >= 0.3 is 0 Å². The second-order valence-electron chi connectivity index (χ2n) is 6.77. The van der Waals surface area contributed by atoms with Crippen LogP contribution >= 0.6 is 0 Å². The lowest BCUT2D eigenvalue weighted by Crippen LogP contribution is -2.34. The van der Waals surface area contributed by atoms with Crippen LogP contribution in [0.1, 0.15) is 52.9 Å². The SMILES string of the molecule is CC1CCC2(C)C(/C=C3\C=CC3)CCC12C. The van der Waals surface area contributed by atoms with E-state index in [2.05, 4.69) is 39.0 Å². The minimum atomic E-state index is 0.586. The van der Waals surface area contributed by atoms with Crippen LogP contribution in [0.2, 0.25) is 0 Å². The van der Waals surface area contributed by atoms with Gasteiger partial charge in [0.1, 0.15) is 0 Å². The first-order chi connectivity index (χ1) is 7.56. The molecule has 0 amide bonds. The molecular weight excluding hydrogens is 192 g/mol. The number of fused-ring (bicyclic) bond motifs is 1. The van der Waals surface area contributed by atoms with Crippen molar-refractivity contribution in [1.29, 1.82) is 0 Å². The molecule has 0 bridgehead atoms. The van der Waals surface area contributed by atoms with Gasteiger partial charge in [0, 0.05) is 0 Å². The second kappa shape index (κ2) is 3.24. The van der Waals surface area contributed by atoms with E-state index in [4.69, 9.17) is 0 Å². The van der Waals surface area contributed by atoms with Crippen molar-refractivity contribution in [2.75, 3.05) is 0 Å². The van der Waals surface area contributed by atoms with Gasteiger partial charge in [-0.05, 0) is 60.3 Å². The first-order valence-corrected chi connectivity index (χ1v) is 6.93. The minimum absolute atomic E-state index is 0.586. The zero-order chi connectivity index (χ0) is 11.4. The van der Waals surface area contributed by atoms with Crippen LogP contribution in [0.5, 0.6) is 0 Å². The largest absolute Gasteiger partial charge is 0.0799 e. The Hall–Kier alpha value is -0.520. The van der Waals surface area contributed by atoms with Crippen LogP contribution in [0, 0.1) is 22.7 Å². The average molecular weight is 216 g/mol. The highest BCUT2D eigenvalue weighted by Gasteiger charge is 2.59. The smallest absolute Gasteiger partial charge is 0.00974 e. The Morgan fingerprint density at radius 2 is 1.88 bits per heavy atom. The lowest BCUT2D eigenvalue weighted by atomic mass is 9.64. The molecule has 0 N–H and O–H groups in total. The first-order valence-electron chi connectivity index (χ1n) is 6.93. The van der Waals surface area contributed by atoms with Crippen LogP contribution in [0.3, 0.4) is 0 Å². The fraction of sp³-hybridized carbons (Fsp3) is 0.750. The van der Waals surface area contributed by atoms with Gasteiger partial charge in [-0.25, -0.2) is 0 Å². The molecule has 3 rings (SSSR count). The van der Waals surface area contributed by atoms with Crippen LogP contribution in [0.25, 0.3) is 0 Å². The van der Waals surface area contributed by atoms with Crippen molar-refractivity contribution in [2.24, 2.45) is 22.7 Å². The lowest BCUT2D eigenvalue weighted by molar-refractivity contribution is 0.0932. The highest BCUT2D eigenvalue weighted by atomic mass is 14.6. The van der Waals surface area contributed by atoms with Gasteiger partial charge in [-0.3, -0.25) is 0 Å². The Morgan fingerprint density at radius 3 is 2.50 bits per heavy atom. The molecule has 0 radical (unpaired) electrons. The predicted octanol–water partition coefficient (Wildman–Crippen LogP) is 4.73. The molecule has 0 spiro atoms. The van der Waals surface area contributed by atoms with E-state index in [1.54, 1.807) is 5.57 Å². The van der Waals surface area contributed by atoms with E-state index in [0.717, 1.165) is 11.8 Å². The third kappa shape index (κ3) is 1.16. The maximum Gasteiger partial charge on any atom is -0.00974 e. The molecule has 0 aromatic rings. The van der Waals surface area contributed by atoms with E-state index in [1.165, 1.54) is 32.1 Å². The summed E-state index contributed by atoms with van der Waals surface area (Å²) in [6, 6.07) is 0. The molecule has 4 atom stereocenters. The van der Waals surface area contributed by atoms with Gasteiger partial charge in [0.15, 0.2) is 0 Å². The van der Waals surface area contributed by atoms with Gasteiger partial charge in [0.25, 0.3) is 0 Å². The quantitative estimate of drug-likeness (QED) is 0.594. The van der Waals surface area contributed by atoms with Crippen molar-refractivity contribution in [2.45, 2.75) is 52.9 Å². The highest BCUT2D eigenvalue weighted by molar-refractivity contribution is 5.32. The average Bonchev–Trinajstić information content (AvgIpc) is 2.56. The van der Waals surface area contributed by atoms with Crippen molar-refractivity contribution in [1.82, 2.24) is 0 Å². The van der Waals surface area contributed by atoms with Gasteiger partial charge in [0.05, 0.1) is 0 Å². The van der Waals surface area contributed by atoms with Crippen molar-refractivity contribution >= 4 is 0 Å². The van der Waals surface area contributed by atoms with Crippen LogP contribution < -0.4 is 0 Å². The normalized spacial score (nSPS) is 53.1. The summed E-state index contributed by atoms with van der Waals surface area (Å²) >= 11 is 0. The molecule has 88 valence electrons. The maximum absolute atomic E-state index is 2.60. The standard InChI is InChI=1S/C16H24/c1-12-7-9-16(3)14(8-10-15(12,16)2)11-13-5-4-6-13/h4-5,11-12,14H,6-10H2,1-3H3/b13-11+. The zero-order valence-corrected chi connectivity index (χ0v) is 10.9. The van der Waals surface area contributed by atoms with E-state index in [-0.39, 0.29) is 0 Å². The van der Waals surface area contributed by atoms with Crippen molar-refractivity contribution in [3.63, 3.8) is 0 Å². The monoisotopic (exact) mass is 216 g/mol. The molecule has 3 aliphatic rings. The molecule has 0 aliphatic heterocycles. The van der Waals surface area contributed by atoms with Crippen LogP contribution in [0.15, 0.2) is 23.8 Å². The molecule has 0 heteroatoms. The second-order valence-corrected chi connectivity index (χ2v) is 6.77. The van der Waals surface area contributed by atoms with Gasteiger partial charge < -0.3 is 0 Å². The van der Waals surface area contributed by atoms with Gasteiger partial charge in [0.2, 0.25) is 0 Å². The number of hydrogen-bond acceptors (Lipinski definition) is 0. The van der Waals surface area contributed by atoms with E-state index < -0.39 is 0 Å². The molecule has 16 heavy (non-hydrogen) atoms. The summed E-state index contributed by atoms with van der Waals surface area (Å²) in [4.78, 5) is 0. The molecule has 0 heterocycles. The molecular formula is C16H24. The van der Waals surface area contributed by atoms with Gasteiger partial charge in [-0.2, -0.15) is 0 Å². The fourth-order valence-corrected chi connectivity index (χ4v) is 4.50. The van der Waals surface area contributed by atoms with Crippen LogP contribution in [-0.2, 0) is 0 Å². The predicted molar refractivity (Wildman–Crippen MR) is 69.2 cm³/mol. The van der Waals surface area contributed by atoms with E-state index >= 15 is 0 Å². The highest BCUT2D eigenvalue weighted by Crippen LogP contribution is 2.67. The first kappa shape index (κ1) is 10.6. The molecule has 0 nitrogen and oxygen atoms in total. The van der Waals surface area contributed by atoms with Gasteiger partial charge in [-0.15, -0.1) is 0 Å². The Morgan fingerprint density at radius 1 is 1.19 bits per heavy atom. The Bertz CT molecular complexity index is 362. The van der Waals surface area contributed by atoms with Crippen molar-refractivity contribution in [3.8, 4) is 0 Å². The topological polar surface area (TPSA) is 0 Å². The van der Waals surface area contributed by atoms with Crippen molar-refractivity contribution < 1.29 is 0 Å². The minimum Gasteiger partial charge on any atom is -0.0799 e. The third-order valence-electron chi connectivity index (χ3n) is 6.38. The summed E-state index contributed by atoms with van der Waals surface area (Å²) in [5, 5.41) is 0. The number of hydrogen-bond donors (Lipinski definition) is 0. The van der Waals surface area contributed by atoms with E-state index in [1.807, 2.05) is 0 Å². The summed E-state index contributed by atoms with van der Waals surface area (Å²) in [6.45, 7) is 7.59. The number of allylic oxidation sites excluding steroid dienone is 4. The third-order valence-corrected chi connectivity index (χ3v) is 6.38. The molecule has 3 aliphatic carbocycles. The Balaban J connectivity index is 1.91. The summed E-state index contributed by atoms with van der Waals surface area (Å²) in [7, 11) is 0. The summed E-state index contributed by atoms with van der Waals surface area (Å²) < 4.78 is 0. The fourth-order valence-electron chi connectivity index (χ4n) is 4.50. The van der Waals surface area contributed by atoms with Crippen LogP contribution in [-0.4, -0.2) is 0 Å². The summed E-state index contributed by atoms with van der Waals surface area (Å²) in [5.41, 5.74) is 2.79. The molecule has 0 aromatic carbocycles. The molecule has 2 saturated carbocycles. The summed E-state index contributed by atoms with van der Waals surface area (Å²) in [5.74, 6) is 1.78. The van der Waals surface area contributed by atoms with Crippen LogP contribution in [0.4, 0.5) is 0 Å². The Labute approximate surface area is 99.8 Å². The number of rotatable bonds is 1. The van der Waals surface area contributed by atoms with Crippen molar-refractivity contribution in [3.05, 3.63) is 23.8 Å². The molecule has 4 unspecified atom stereocenters.